The third-order valence-corrected chi connectivity index (χ3v) is 4.62. The van der Waals surface area contributed by atoms with E-state index >= 15 is 0 Å². The summed E-state index contributed by atoms with van der Waals surface area (Å²) in [6.07, 6.45) is 1.19. The quantitative estimate of drug-likeness (QED) is 0.763. The highest BCUT2D eigenvalue weighted by atomic mass is 16.5. The van der Waals surface area contributed by atoms with Crippen LogP contribution in [-0.2, 0) is 11.2 Å². The van der Waals surface area contributed by atoms with Crippen LogP contribution in [0.1, 0.15) is 42.2 Å². The molecule has 0 radical (unpaired) electrons. The zero-order valence-electron chi connectivity index (χ0n) is 14.0. The van der Waals surface area contributed by atoms with Crippen molar-refractivity contribution in [3.8, 4) is 5.75 Å². The molecule has 0 amide bonds. The first-order valence-electron chi connectivity index (χ1n) is 8.54. The Balaban J connectivity index is 1.55. The van der Waals surface area contributed by atoms with Crippen LogP contribution < -0.4 is 5.32 Å². The predicted molar refractivity (Wildman–Crippen MR) is 94.0 cm³/mol. The van der Waals surface area contributed by atoms with Crippen LogP contribution in [0.5, 0.6) is 5.75 Å². The van der Waals surface area contributed by atoms with Gasteiger partial charge in [-0.25, -0.2) is 0 Å². The Labute approximate surface area is 143 Å². The highest BCUT2D eigenvalue weighted by Crippen LogP contribution is 2.30. The lowest BCUT2D eigenvalue weighted by molar-refractivity contribution is 0.0296. The van der Waals surface area contributed by atoms with Gasteiger partial charge in [-0.2, -0.15) is 0 Å². The monoisotopic (exact) mass is 327 g/mol. The molecule has 4 heteroatoms. The fraction of sp³-hybridized carbons (Fsp3) is 0.400. The molecule has 3 unspecified atom stereocenters. The molecule has 1 aliphatic rings. The third-order valence-electron chi connectivity index (χ3n) is 4.62. The van der Waals surface area contributed by atoms with Crippen molar-refractivity contribution in [2.24, 2.45) is 0 Å². The molecule has 128 valence electrons. The Hall–Kier alpha value is -1.88. The molecule has 1 heterocycles. The average molecular weight is 327 g/mol. The van der Waals surface area contributed by atoms with Gasteiger partial charge in [-0.3, -0.25) is 0 Å². The van der Waals surface area contributed by atoms with E-state index in [1.807, 2.05) is 6.07 Å². The van der Waals surface area contributed by atoms with Crippen LogP contribution in [0.3, 0.4) is 0 Å². The molecule has 3 N–H and O–H groups in total. The van der Waals surface area contributed by atoms with Crippen LogP contribution in [0, 0.1) is 0 Å². The number of rotatable bonds is 6. The molecule has 24 heavy (non-hydrogen) atoms. The molecule has 0 saturated heterocycles. The van der Waals surface area contributed by atoms with E-state index < -0.39 is 6.10 Å². The van der Waals surface area contributed by atoms with E-state index in [1.54, 1.807) is 18.2 Å². The summed E-state index contributed by atoms with van der Waals surface area (Å²) < 4.78 is 5.94. The fourth-order valence-electron chi connectivity index (χ4n) is 3.27. The normalized spacial score (nSPS) is 19.5. The molecule has 2 aromatic rings. The van der Waals surface area contributed by atoms with Gasteiger partial charge in [0.25, 0.3) is 0 Å². The van der Waals surface area contributed by atoms with Crippen LogP contribution in [-0.4, -0.2) is 29.4 Å². The molecule has 1 aliphatic heterocycles. The van der Waals surface area contributed by atoms with Gasteiger partial charge in [0.2, 0.25) is 0 Å². The SMILES string of the molecule is CC(CC1OCCc2ccccc21)NCC(O)c1ccccc1O. The number of hydrogen-bond donors (Lipinski definition) is 3. The largest absolute Gasteiger partial charge is 0.508 e. The van der Waals surface area contributed by atoms with E-state index in [-0.39, 0.29) is 17.9 Å². The standard InChI is InChI=1S/C20H25NO3/c1-14(21-13-19(23)17-8-4-5-9-18(17)22)12-20-16-7-3-2-6-15(16)10-11-24-20/h2-9,14,19-23H,10-13H2,1H3. The van der Waals surface area contributed by atoms with Crippen LogP contribution in [0.25, 0.3) is 0 Å². The van der Waals surface area contributed by atoms with Gasteiger partial charge in [-0.15, -0.1) is 0 Å². The molecule has 4 nitrogen and oxygen atoms in total. The third kappa shape index (κ3) is 3.96. The molecular formula is C20H25NO3. The van der Waals surface area contributed by atoms with E-state index in [2.05, 4.69) is 36.5 Å². The Morgan fingerprint density at radius 1 is 1.17 bits per heavy atom. The maximum absolute atomic E-state index is 10.3. The second-order valence-electron chi connectivity index (χ2n) is 6.43. The number of aliphatic hydroxyl groups excluding tert-OH is 1. The van der Waals surface area contributed by atoms with Crippen molar-refractivity contribution in [2.45, 2.75) is 38.0 Å². The lowest BCUT2D eigenvalue weighted by Crippen LogP contribution is -2.33. The smallest absolute Gasteiger partial charge is 0.121 e. The summed E-state index contributed by atoms with van der Waals surface area (Å²) in [5, 5.41) is 23.4. The predicted octanol–water partition coefficient (Wildman–Crippen LogP) is 3.11. The summed E-state index contributed by atoms with van der Waals surface area (Å²) in [6.45, 7) is 3.25. The Morgan fingerprint density at radius 2 is 1.92 bits per heavy atom. The second kappa shape index (κ2) is 7.79. The van der Waals surface area contributed by atoms with Gasteiger partial charge < -0.3 is 20.3 Å². The van der Waals surface area contributed by atoms with E-state index in [4.69, 9.17) is 4.74 Å². The first-order valence-corrected chi connectivity index (χ1v) is 8.54. The molecule has 2 aromatic carbocycles. The van der Waals surface area contributed by atoms with Gasteiger partial charge in [-0.05, 0) is 37.0 Å². The van der Waals surface area contributed by atoms with Crippen molar-refractivity contribution in [1.29, 1.82) is 0 Å². The number of benzene rings is 2. The molecular weight excluding hydrogens is 302 g/mol. The van der Waals surface area contributed by atoms with Gasteiger partial charge in [-0.1, -0.05) is 42.5 Å². The number of nitrogens with one attached hydrogen (secondary N) is 1. The number of para-hydroxylation sites is 1. The molecule has 0 aromatic heterocycles. The number of hydrogen-bond acceptors (Lipinski definition) is 4. The summed E-state index contributed by atoms with van der Waals surface area (Å²) in [4.78, 5) is 0. The van der Waals surface area contributed by atoms with Gasteiger partial charge in [0.1, 0.15) is 5.75 Å². The van der Waals surface area contributed by atoms with E-state index in [0.717, 1.165) is 19.4 Å². The minimum Gasteiger partial charge on any atom is -0.508 e. The summed E-state index contributed by atoms with van der Waals surface area (Å²) >= 11 is 0. The second-order valence-corrected chi connectivity index (χ2v) is 6.43. The minimum atomic E-state index is -0.729. The zero-order valence-corrected chi connectivity index (χ0v) is 14.0. The first-order chi connectivity index (χ1) is 11.6. The summed E-state index contributed by atoms with van der Waals surface area (Å²) in [7, 11) is 0. The number of phenolic OH excluding ortho intramolecular Hbond substituents is 1. The highest BCUT2D eigenvalue weighted by molar-refractivity contribution is 5.34. The molecule has 3 rings (SSSR count). The summed E-state index contributed by atoms with van der Waals surface area (Å²) in [6, 6.07) is 15.5. The first kappa shape index (κ1) is 17.0. The van der Waals surface area contributed by atoms with E-state index in [0.29, 0.717) is 12.1 Å². The van der Waals surface area contributed by atoms with Crippen molar-refractivity contribution in [1.82, 2.24) is 5.32 Å². The topological polar surface area (TPSA) is 61.7 Å². The fourth-order valence-corrected chi connectivity index (χ4v) is 3.27. The van der Waals surface area contributed by atoms with E-state index in [1.165, 1.54) is 11.1 Å². The number of aliphatic hydroxyl groups is 1. The zero-order chi connectivity index (χ0) is 16.9. The number of fused-ring (bicyclic) bond motifs is 1. The molecule has 0 aliphatic carbocycles. The highest BCUT2D eigenvalue weighted by Gasteiger charge is 2.22. The van der Waals surface area contributed by atoms with Crippen molar-refractivity contribution in [2.75, 3.05) is 13.2 Å². The van der Waals surface area contributed by atoms with E-state index in [9.17, 15) is 10.2 Å². The van der Waals surface area contributed by atoms with Gasteiger partial charge >= 0.3 is 0 Å². The number of phenols is 1. The molecule has 0 spiro atoms. The number of aromatic hydroxyl groups is 1. The van der Waals surface area contributed by atoms with Gasteiger partial charge in [0.15, 0.2) is 0 Å². The van der Waals surface area contributed by atoms with Crippen LogP contribution in [0.2, 0.25) is 0 Å². The van der Waals surface area contributed by atoms with Gasteiger partial charge in [0, 0.05) is 18.2 Å². The summed E-state index contributed by atoms with van der Waals surface area (Å²) in [5.41, 5.74) is 3.20. The van der Waals surface area contributed by atoms with Crippen LogP contribution >= 0.6 is 0 Å². The molecule has 0 fully saturated rings. The van der Waals surface area contributed by atoms with Gasteiger partial charge in [0.05, 0.1) is 18.8 Å². The van der Waals surface area contributed by atoms with Crippen LogP contribution in [0.15, 0.2) is 48.5 Å². The van der Waals surface area contributed by atoms with Crippen molar-refractivity contribution in [3.05, 3.63) is 65.2 Å². The Kier molecular flexibility index (Phi) is 5.51. The molecule has 3 atom stereocenters. The van der Waals surface area contributed by atoms with Crippen molar-refractivity contribution < 1.29 is 14.9 Å². The maximum Gasteiger partial charge on any atom is 0.121 e. The Bertz CT molecular complexity index is 673. The number of ether oxygens (including phenoxy) is 1. The summed E-state index contributed by atoms with van der Waals surface area (Å²) in [5.74, 6) is 0.129. The minimum absolute atomic E-state index is 0.0970. The van der Waals surface area contributed by atoms with Crippen molar-refractivity contribution >= 4 is 0 Å². The molecule has 0 saturated carbocycles. The van der Waals surface area contributed by atoms with Crippen LogP contribution in [0.4, 0.5) is 0 Å². The average Bonchev–Trinajstić information content (AvgIpc) is 2.60. The van der Waals surface area contributed by atoms with Crippen molar-refractivity contribution in [3.63, 3.8) is 0 Å². The maximum atomic E-state index is 10.3. The lowest BCUT2D eigenvalue weighted by Gasteiger charge is -2.29. The lowest BCUT2D eigenvalue weighted by atomic mass is 9.94. The molecule has 0 bridgehead atoms. The Morgan fingerprint density at radius 3 is 2.75 bits per heavy atom.